The fourth-order valence-electron chi connectivity index (χ4n) is 1.50. The van der Waals surface area contributed by atoms with Crippen LogP contribution in [0.5, 0.6) is 0 Å². The van der Waals surface area contributed by atoms with Gasteiger partial charge in [-0.25, -0.2) is 9.97 Å². The first-order chi connectivity index (χ1) is 7.48. The van der Waals surface area contributed by atoms with Crippen molar-refractivity contribution < 1.29 is 18.0 Å². The van der Waals surface area contributed by atoms with Crippen molar-refractivity contribution in [2.24, 2.45) is 0 Å². The molecule has 0 radical (unpaired) electrons. The molecule has 0 aromatic carbocycles. The van der Waals surface area contributed by atoms with Gasteiger partial charge in [0.1, 0.15) is 5.69 Å². The normalized spacial score (nSPS) is 16.9. The molecule has 1 amide bonds. The van der Waals surface area contributed by atoms with Gasteiger partial charge in [0.05, 0.1) is 0 Å². The lowest BCUT2D eigenvalue weighted by Gasteiger charge is -2.14. The molecular formula is C9H8F3N3O. The van der Waals surface area contributed by atoms with E-state index in [0.29, 0.717) is 19.4 Å². The van der Waals surface area contributed by atoms with Gasteiger partial charge in [0.25, 0.3) is 0 Å². The molecule has 0 bridgehead atoms. The molecule has 0 atom stereocenters. The highest BCUT2D eigenvalue weighted by Crippen LogP contribution is 2.28. The number of nitrogens with zero attached hydrogens (tertiary/aromatic N) is 3. The first-order valence-corrected chi connectivity index (χ1v) is 4.69. The van der Waals surface area contributed by atoms with Crippen LogP contribution in [-0.2, 0) is 11.0 Å². The Morgan fingerprint density at radius 1 is 1.38 bits per heavy atom. The number of alkyl halides is 3. The van der Waals surface area contributed by atoms with Gasteiger partial charge in [-0.05, 0) is 12.5 Å². The van der Waals surface area contributed by atoms with E-state index in [1.54, 1.807) is 0 Å². The summed E-state index contributed by atoms with van der Waals surface area (Å²) in [6.07, 6.45) is -2.55. The molecule has 7 heteroatoms. The summed E-state index contributed by atoms with van der Waals surface area (Å²) in [5.41, 5.74) is -1.03. The summed E-state index contributed by atoms with van der Waals surface area (Å²) < 4.78 is 37.1. The molecule has 86 valence electrons. The molecule has 2 rings (SSSR count). The number of carbonyl (C=O) groups excluding carboxylic acids is 1. The number of aromatic nitrogens is 2. The van der Waals surface area contributed by atoms with E-state index in [1.165, 1.54) is 4.90 Å². The molecule has 1 aromatic rings. The second-order valence-corrected chi connectivity index (χ2v) is 3.39. The third-order valence-corrected chi connectivity index (χ3v) is 2.25. The van der Waals surface area contributed by atoms with Crippen molar-refractivity contribution in [2.45, 2.75) is 19.0 Å². The highest BCUT2D eigenvalue weighted by Gasteiger charge is 2.34. The average molecular weight is 231 g/mol. The van der Waals surface area contributed by atoms with Crippen LogP contribution in [0.2, 0.25) is 0 Å². The van der Waals surface area contributed by atoms with Crippen molar-refractivity contribution in [3.63, 3.8) is 0 Å². The number of carbonyl (C=O) groups is 1. The Morgan fingerprint density at radius 2 is 2.12 bits per heavy atom. The lowest BCUT2D eigenvalue weighted by Crippen LogP contribution is -2.26. The maximum absolute atomic E-state index is 12.4. The number of hydrogen-bond donors (Lipinski definition) is 0. The molecule has 0 saturated carbocycles. The SMILES string of the molecule is O=C1CCCN1c1nccc(C(F)(F)F)n1. The van der Waals surface area contributed by atoms with Crippen molar-refractivity contribution in [2.75, 3.05) is 11.4 Å². The van der Waals surface area contributed by atoms with Crippen LogP contribution in [0.4, 0.5) is 19.1 Å². The van der Waals surface area contributed by atoms with E-state index in [4.69, 9.17) is 0 Å². The summed E-state index contributed by atoms with van der Waals surface area (Å²) in [5.74, 6) is -0.406. The highest BCUT2D eigenvalue weighted by molar-refractivity contribution is 5.93. The van der Waals surface area contributed by atoms with E-state index in [0.717, 1.165) is 12.3 Å². The maximum atomic E-state index is 12.4. The van der Waals surface area contributed by atoms with E-state index < -0.39 is 11.9 Å². The molecule has 1 aliphatic heterocycles. The van der Waals surface area contributed by atoms with E-state index in [2.05, 4.69) is 9.97 Å². The smallest absolute Gasteiger partial charge is 0.281 e. The zero-order valence-corrected chi connectivity index (χ0v) is 8.16. The maximum Gasteiger partial charge on any atom is 0.433 e. The van der Waals surface area contributed by atoms with Crippen LogP contribution >= 0.6 is 0 Å². The van der Waals surface area contributed by atoms with Crippen LogP contribution in [0, 0.1) is 0 Å². The Hall–Kier alpha value is -1.66. The van der Waals surface area contributed by atoms with Crippen LogP contribution in [-0.4, -0.2) is 22.4 Å². The number of hydrogen-bond acceptors (Lipinski definition) is 3. The van der Waals surface area contributed by atoms with Crippen molar-refractivity contribution in [3.8, 4) is 0 Å². The second kappa shape index (κ2) is 3.73. The predicted molar refractivity (Wildman–Crippen MR) is 48.6 cm³/mol. The van der Waals surface area contributed by atoms with Crippen LogP contribution in [0.3, 0.4) is 0 Å². The number of halogens is 3. The van der Waals surface area contributed by atoms with Crippen molar-refractivity contribution in [1.29, 1.82) is 0 Å². The third kappa shape index (κ3) is 1.98. The molecule has 1 aromatic heterocycles. The second-order valence-electron chi connectivity index (χ2n) is 3.39. The summed E-state index contributed by atoms with van der Waals surface area (Å²) in [7, 11) is 0. The van der Waals surface area contributed by atoms with Crippen LogP contribution in [0.25, 0.3) is 0 Å². The Balaban J connectivity index is 2.32. The zero-order valence-electron chi connectivity index (χ0n) is 8.16. The summed E-state index contributed by atoms with van der Waals surface area (Å²) in [4.78, 5) is 19.5. The van der Waals surface area contributed by atoms with Crippen LogP contribution in [0.15, 0.2) is 12.3 Å². The minimum absolute atomic E-state index is 0.169. The number of amides is 1. The largest absolute Gasteiger partial charge is 0.433 e. The standard InChI is InChI=1S/C9H8F3N3O/c10-9(11,12)6-3-4-13-8(14-6)15-5-1-2-7(15)16/h3-4H,1-2,5H2. The van der Waals surface area contributed by atoms with Crippen molar-refractivity contribution in [1.82, 2.24) is 9.97 Å². The van der Waals surface area contributed by atoms with Gasteiger partial charge in [-0.15, -0.1) is 0 Å². The van der Waals surface area contributed by atoms with E-state index in [1.807, 2.05) is 0 Å². The van der Waals surface area contributed by atoms with Gasteiger partial charge in [0.15, 0.2) is 0 Å². The molecule has 4 nitrogen and oxygen atoms in total. The first kappa shape index (κ1) is 10.8. The van der Waals surface area contributed by atoms with Crippen molar-refractivity contribution in [3.05, 3.63) is 18.0 Å². The minimum Gasteiger partial charge on any atom is -0.281 e. The van der Waals surface area contributed by atoms with Gasteiger partial charge in [0.2, 0.25) is 11.9 Å². The van der Waals surface area contributed by atoms with Gasteiger partial charge in [-0.2, -0.15) is 13.2 Å². The molecule has 16 heavy (non-hydrogen) atoms. The van der Waals surface area contributed by atoms with E-state index in [9.17, 15) is 18.0 Å². The van der Waals surface area contributed by atoms with Crippen LogP contribution in [0.1, 0.15) is 18.5 Å². The minimum atomic E-state index is -4.51. The topological polar surface area (TPSA) is 46.1 Å². The molecule has 0 N–H and O–H groups in total. The van der Waals surface area contributed by atoms with Gasteiger partial charge in [-0.3, -0.25) is 9.69 Å². The Kier molecular flexibility index (Phi) is 2.53. The molecule has 0 aliphatic carbocycles. The lowest BCUT2D eigenvalue weighted by molar-refractivity contribution is -0.141. The van der Waals surface area contributed by atoms with E-state index >= 15 is 0 Å². The molecule has 1 aliphatic rings. The summed E-state index contributed by atoms with van der Waals surface area (Å²) in [6, 6.07) is 0.782. The summed E-state index contributed by atoms with van der Waals surface area (Å²) >= 11 is 0. The summed E-state index contributed by atoms with van der Waals surface area (Å²) in [5, 5.41) is 0. The van der Waals surface area contributed by atoms with E-state index in [-0.39, 0.29) is 11.9 Å². The fraction of sp³-hybridized carbons (Fsp3) is 0.444. The number of rotatable bonds is 1. The first-order valence-electron chi connectivity index (χ1n) is 4.69. The van der Waals surface area contributed by atoms with Gasteiger partial charge < -0.3 is 0 Å². The monoisotopic (exact) mass is 231 g/mol. The Morgan fingerprint density at radius 3 is 2.69 bits per heavy atom. The quantitative estimate of drug-likeness (QED) is 0.737. The lowest BCUT2D eigenvalue weighted by atomic mass is 10.4. The fourth-order valence-corrected chi connectivity index (χ4v) is 1.50. The van der Waals surface area contributed by atoms with Gasteiger partial charge in [0, 0.05) is 19.2 Å². The third-order valence-electron chi connectivity index (χ3n) is 2.25. The average Bonchev–Trinajstić information content (AvgIpc) is 2.63. The van der Waals surface area contributed by atoms with Gasteiger partial charge >= 0.3 is 6.18 Å². The summed E-state index contributed by atoms with van der Waals surface area (Å²) in [6.45, 7) is 0.375. The molecule has 2 heterocycles. The zero-order chi connectivity index (χ0) is 11.8. The van der Waals surface area contributed by atoms with Gasteiger partial charge in [-0.1, -0.05) is 0 Å². The molecule has 1 fully saturated rings. The predicted octanol–water partition coefficient (Wildman–Crippen LogP) is 1.62. The molecule has 0 unspecified atom stereocenters. The molecular weight excluding hydrogens is 223 g/mol. The Bertz CT molecular complexity index is 419. The highest BCUT2D eigenvalue weighted by atomic mass is 19.4. The molecule has 1 saturated heterocycles. The number of anilines is 1. The Labute approximate surface area is 89.1 Å². The molecule has 0 spiro atoms. The van der Waals surface area contributed by atoms with Crippen molar-refractivity contribution >= 4 is 11.9 Å². The van der Waals surface area contributed by atoms with Crippen LogP contribution < -0.4 is 4.90 Å².